The van der Waals surface area contributed by atoms with Crippen molar-refractivity contribution >= 4 is 0 Å². The first-order valence-corrected chi connectivity index (χ1v) is 6.59. The average Bonchev–Trinajstić information content (AvgIpc) is 2.63. The molecule has 0 spiro atoms. The van der Waals surface area contributed by atoms with Gasteiger partial charge in [0.15, 0.2) is 0 Å². The summed E-state index contributed by atoms with van der Waals surface area (Å²) in [7, 11) is 0. The van der Waals surface area contributed by atoms with Gasteiger partial charge in [-0.3, -0.25) is 0 Å². The third kappa shape index (κ3) is 3.08. The van der Waals surface area contributed by atoms with Crippen LogP contribution >= 0.6 is 0 Å². The molecule has 17 heavy (non-hydrogen) atoms. The summed E-state index contributed by atoms with van der Waals surface area (Å²) in [5.74, 6) is 1.17. The van der Waals surface area contributed by atoms with Crippen LogP contribution in [-0.4, -0.2) is 13.2 Å². The Hall–Kier alpha value is -0.860. The fourth-order valence-corrected chi connectivity index (χ4v) is 2.54. The van der Waals surface area contributed by atoms with E-state index in [-0.39, 0.29) is 6.04 Å². The molecule has 1 aromatic rings. The van der Waals surface area contributed by atoms with Gasteiger partial charge in [0.1, 0.15) is 0 Å². The highest BCUT2D eigenvalue weighted by atomic mass is 16.5. The second kappa shape index (κ2) is 5.65. The summed E-state index contributed by atoms with van der Waals surface area (Å²) in [5.41, 5.74) is 9.04. The first-order chi connectivity index (χ1) is 8.18. The fraction of sp³-hybridized carbons (Fsp3) is 0.600. The molecule has 2 nitrogen and oxygen atoms in total. The van der Waals surface area contributed by atoms with Gasteiger partial charge in [0, 0.05) is 19.3 Å². The second-order valence-corrected chi connectivity index (χ2v) is 5.45. The summed E-state index contributed by atoms with van der Waals surface area (Å²) < 4.78 is 5.65. The van der Waals surface area contributed by atoms with Crippen LogP contribution in [-0.2, 0) is 11.2 Å². The van der Waals surface area contributed by atoms with E-state index < -0.39 is 0 Å². The molecule has 0 saturated carbocycles. The summed E-state index contributed by atoms with van der Waals surface area (Å²) in [4.78, 5) is 0. The minimum absolute atomic E-state index is 0.203. The third-order valence-electron chi connectivity index (χ3n) is 3.49. The van der Waals surface area contributed by atoms with E-state index in [9.17, 15) is 0 Å². The number of fused-ring (bicyclic) bond motifs is 1. The van der Waals surface area contributed by atoms with E-state index in [2.05, 4.69) is 38.1 Å². The van der Waals surface area contributed by atoms with Gasteiger partial charge in [0.05, 0.1) is 0 Å². The van der Waals surface area contributed by atoms with Gasteiger partial charge in [0.25, 0.3) is 0 Å². The lowest BCUT2D eigenvalue weighted by molar-refractivity contribution is 0.0961. The molecule has 0 bridgehead atoms. The Labute approximate surface area is 104 Å². The number of rotatable bonds is 5. The van der Waals surface area contributed by atoms with Crippen molar-refractivity contribution in [3.8, 4) is 0 Å². The number of nitrogens with two attached hydrogens (primary N) is 1. The molecular formula is C15H23NO. The van der Waals surface area contributed by atoms with Crippen LogP contribution in [0.1, 0.15) is 37.4 Å². The van der Waals surface area contributed by atoms with E-state index in [1.54, 1.807) is 0 Å². The van der Waals surface area contributed by atoms with Gasteiger partial charge in [-0.15, -0.1) is 0 Å². The first kappa shape index (κ1) is 12.6. The average molecular weight is 233 g/mol. The maximum absolute atomic E-state index is 6.28. The lowest BCUT2D eigenvalue weighted by atomic mass is 9.98. The molecule has 0 amide bonds. The molecule has 2 heteroatoms. The number of hydrogen-bond donors (Lipinski definition) is 1. The maximum Gasteiger partial charge on any atom is 0.0488 e. The number of benzene rings is 1. The third-order valence-corrected chi connectivity index (χ3v) is 3.49. The van der Waals surface area contributed by atoms with Gasteiger partial charge in [0.2, 0.25) is 0 Å². The summed E-state index contributed by atoms with van der Waals surface area (Å²) in [6.07, 6.45) is 2.19. The van der Waals surface area contributed by atoms with E-state index in [0.717, 1.165) is 26.1 Å². The minimum atomic E-state index is 0.203. The van der Waals surface area contributed by atoms with Crippen LogP contribution in [0, 0.1) is 11.8 Å². The topological polar surface area (TPSA) is 35.2 Å². The molecule has 1 aliphatic carbocycles. The van der Waals surface area contributed by atoms with Crippen LogP contribution in [0.5, 0.6) is 0 Å². The molecule has 0 fully saturated rings. The maximum atomic E-state index is 6.28. The van der Waals surface area contributed by atoms with Crippen molar-refractivity contribution in [3.05, 3.63) is 35.4 Å². The number of ether oxygens (including phenoxy) is 1. The van der Waals surface area contributed by atoms with Crippen molar-refractivity contribution < 1.29 is 4.74 Å². The van der Waals surface area contributed by atoms with E-state index in [4.69, 9.17) is 10.5 Å². The van der Waals surface area contributed by atoms with Crippen LogP contribution in [0.15, 0.2) is 24.3 Å². The van der Waals surface area contributed by atoms with Crippen LogP contribution in [0.2, 0.25) is 0 Å². The SMILES string of the molecule is CC(C)COCCC1Cc2ccccc2C1N. The molecule has 0 aliphatic heterocycles. The van der Waals surface area contributed by atoms with Gasteiger partial charge < -0.3 is 10.5 Å². The van der Waals surface area contributed by atoms with Gasteiger partial charge >= 0.3 is 0 Å². The number of hydrogen-bond acceptors (Lipinski definition) is 2. The van der Waals surface area contributed by atoms with Crippen molar-refractivity contribution in [2.24, 2.45) is 17.6 Å². The molecule has 0 aromatic heterocycles. The quantitative estimate of drug-likeness (QED) is 0.794. The molecule has 0 heterocycles. The van der Waals surface area contributed by atoms with Crippen LogP contribution < -0.4 is 5.73 Å². The molecule has 2 unspecified atom stereocenters. The highest BCUT2D eigenvalue weighted by Crippen LogP contribution is 2.35. The summed E-state index contributed by atoms with van der Waals surface area (Å²) >= 11 is 0. The molecule has 94 valence electrons. The largest absolute Gasteiger partial charge is 0.381 e. The second-order valence-electron chi connectivity index (χ2n) is 5.45. The predicted octanol–water partition coefficient (Wildman–Crippen LogP) is 2.92. The van der Waals surface area contributed by atoms with Crippen molar-refractivity contribution in [3.63, 3.8) is 0 Å². The zero-order chi connectivity index (χ0) is 12.3. The normalized spacial score (nSPS) is 23.1. The van der Waals surface area contributed by atoms with Crippen LogP contribution in [0.4, 0.5) is 0 Å². The van der Waals surface area contributed by atoms with E-state index >= 15 is 0 Å². The predicted molar refractivity (Wildman–Crippen MR) is 70.8 cm³/mol. The van der Waals surface area contributed by atoms with Crippen molar-refractivity contribution in [2.75, 3.05) is 13.2 Å². The summed E-state index contributed by atoms with van der Waals surface area (Å²) in [6, 6.07) is 8.74. The Bertz CT molecular complexity index is 362. The summed E-state index contributed by atoms with van der Waals surface area (Å²) in [5, 5.41) is 0. The standard InChI is InChI=1S/C15H23NO/c1-11(2)10-17-8-7-13-9-12-5-3-4-6-14(12)15(13)16/h3-6,11,13,15H,7-10,16H2,1-2H3. The van der Waals surface area contributed by atoms with Crippen molar-refractivity contribution in [1.82, 2.24) is 0 Å². The molecule has 2 atom stereocenters. The lowest BCUT2D eigenvalue weighted by Crippen LogP contribution is -2.19. The van der Waals surface area contributed by atoms with Gasteiger partial charge in [-0.25, -0.2) is 0 Å². The molecule has 1 aliphatic rings. The zero-order valence-electron chi connectivity index (χ0n) is 10.9. The van der Waals surface area contributed by atoms with Gasteiger partial charge in [-0.2, -0.15) is 0 Å². The Morgan fingerprint density at radius 1 is 1.35 bits per heavy atom. The smallest absolute Gasteiger partial charge is 0.0488 e. The Kier molecular flexibility index (Phi) is 4.19. The fourth-order valence-electron chi connectivity index (χ4n) is 2.54. The van der Waals surface area contributed by atoms with Gasteiger partial charge in [-0.05, 0) is 35.8 Å². The Morgan fingerprint density at radius 3 is 2.82 bits per heavy atom. The molecular weight excluding hydrogens is 210 g/mol. The van der Waals surface area contributed by atoms with E-state index in [0.29, 0.717) is 11.8 Å². The van der Waals surface area contributed by atoms with Crippen LogP contribution in [0.25, 0.3) is 0 Å². The van der Waals surface area contributed by atoms with Crippen molar-refractivity contribution in [1.29, 1.82) is 0 Å². The Morgan fingerprint density at radius 2 is 2.12 bits per heavy atom. The summed E-state index contributed by atoms with van der Waals surface area (Å²) in [6.45, 7) is 6.05. The zero-order valence-corrected chi connectivity index (χ0v) is 10.9. The highest BCUT2D eigenvalue weighted by molar-refractivity contribution is 5.35. The lowest BCUT2D eigenvalue weighted by Gasteiger charge is -2.16. The Balaban J connectivity index is 1.82. The molecule has 2 rings (SSSR count). The molecule has 0 saturated heterocycles. The van der Waals surface area contributed by atoms with E-state index in [1.165, 1.54) is 11.1 Å². The molecule has 0 radical (unpaired) electrons. The van der Waals surface area contributed by atoms with Crippen molar-refractivity contribution in [2.45, 2.75) is 32.7 Å². The monoisotopic (exact) mass is 233 g/mol. The van der Waals surface area contributed by atoms with Crippen LogP contribution in [0.3, 0.4) is 0 Å². The molecule has 1 aromatic carbocycles. The van der Waals surface area contributed by atoms with E-state index in [1.807, 2.05) is 0 Å². The first-order valence-electron chi connectivity index (χ1n) is 6.59. The highest BCUT2D eigenvalue weighted by Gasteiger charge is 2.28. The molecule has 2 N–H and O–H groups in total. The van der Waals surface area contributed by atoms with Gasteiger partial charge in [-0.1, -0.05) is 38.1 Å². The minimum Gasteiger partial charge on any atom is -0.381 e.